The number of amides is 1. The third-order valence-electron chi connectivity index (χ3n) is 5.41. The lowest BCUT2D eigenvalue weighted by Gasteiger charge is -2.19. The van der Waals surface area contributed by atoms with Crippen LogP contribution in [0.4, 0.5) is 0 Å². The van der Waals surface area contributed by atoms with Gasteiger partial charge in [0.2, 0.25) is 5.91 Å². The van der Waals surface area contributed by atoms with Gasteiger partial charge in [-0.15, -0.1) is 0 Å². The Morgan fingerprint density at radius 3 is 2.44 bits per heavy atom. The van der Waals surface area contributed by atoms with Gasteiger partial charge in [0.15, 0.2) is 5.96 Å². The van der Waals surface area contributed by atoms with E-state index in [4.69, 9.17) is 0 Å². The van der Waals surface area contributed by atoms with Crippen molar-refractivity contribution >= 4 is 22.9 Å². The number of aromatic nitrogens is 2. The molecule has 0 saturated carbocycles. The maximum absolute atomic E-state index is 12.2. The molecule has 1 aromatic heterocycles. The summed E-state index contributed by atoms with van der Waals surface area (Å²) >= 11 is 0. The van der Waals surface area contributed by atoms with Crippen molar-refractivity contribution in [2.45, 2.75) is 40.3 Å². The van der Waals surface area contributed by atoms with Gasteiger partial charge in [-0.1, -0.05) is 36.4 Å². The van der Waals surface area contributed by atoms with E-state index >= 15 is 0 Å². The molecule has 2 aromatic carbocycles. The van der Waals surface area contributed by atoms with E-state index in [1.807, 2.05) is 50.2 Å². The van der Waals surface area contributed by atoms with Gasteiger partial charge in [0.1, 0.15) is 0 Å². The van der Waals surface area contributed by atoms with Crippen LogP contribution in [0, 0.1) is 0 Å². The summed E-state index contributed by atoms with van der Waals surface area (Å²) in [4.78, 5) is 23.1. The first-order chi connectivity index (χ1) is 15.6. The molecule has 0 fully saturated rings. The SMILES string of the molecule is CCNC(=NCc1ccc(Cn2cnc3ccccc32)cc1)NCCC(=O)N(CC)CC. The predicted octanol–water partition coefficient (Wildman–Crippen LogP) is 3.40. The highest BCUT2D eigenvalue weighted by Gasteiger charge is 2.09. The zero-order valence-corrected chi connectivity index (χ0v) is 19.3. The molecule has 0 aliphatic rings. The van der Waals surface area contributed by atoms with Crippen LogP contribution in [0.1, 0.15) is 38.3 Å². The van der Waals surface area contributed by atoms with Crippen molar-refractivity contribution in [3.8, 4) is 0 Å². The van der Waals surface area contributed by atoms with Gasteiger partial charge in [-0.25, -0.2) is 9.98 Å². The molecule has 0 atom stereocenters. The van der Waals surface area contributed by atoms with Crippen LogP contribution in [-0.4, -0.2) is 52.5 Å². The van der Waals surface area contributed by atoms with Crippen LogP contribution in [0.25, 0.3) is 11.0 Å². The number of hydrogen-bond acceptors (Lipinski definition) is 3. The number of benzene rings is 2. The number of hydrogen-bond donors (Lipinski definition) is 2. The highest BCUT2D eigenvalue weighted by molar-refractivity contribution is 5.81. The second-order valence-electron chi connectivity index (χ2n) is 7.62. The first-order valence-electron chi connectivity index (χ1n) is 11.4. The minimum absolute atomic E-state index is 0.166. The third-order valence-corrected chi connectivity index (χ3v) is 5.41. The number of para-hydroxylation sites is 2. The minimum atomic E-state index is 0.166. The Hall–Kier alpha value is -3.35. The molecular weight excluding hydrogens is 400 g/mol. The highest BCUT2D eigenvalue weighted by Crippen LogP contribution is 2.14. The predicted molar refractivity (Wildman–Crippen MR) is 131 cm³/mol. The Kier molecular flexibility index (Phi) is 8.66. The van der Waals surface area contributed by atoms with Crippen molar-refractivity contribution in [3.05, 3.63) is 66.0 Å². The van der Waals surface area contributed by atoms with Gasteiger partial charge in [-0.05, 0) is 44.0 Å². The second kappa shape index (κ2) is 11.9. The molecule has 3 rings (SSSR count). The molecule has 0 radical (unpaired) electrons. The molecule has 0 aliphatic carbocycles. The first kappa shape index (κ1) is 23.3. The van der Waals surface area contributed by atoms with Crippen LogP contribution in [0.15, 0.2) is 59.9 Å². The van der Waals surface area contributed by atoms with Gasteiger partial charge >= 0.3 is 0 Å². The van der Waals surface area contributed by atoms with Crippen LogP contribution < -0.4 is 10.6 Å². The molecule has 1 heterocycles. The van der Waals surface area contributed by atoms with Gasteiger partial charge in [-0.3, -0.25) is 4.79 Å². The van der Waals surface area contributed by atoms with Crippen molar-refractivity contribution in [3.63, 3.8) is 0 Å². The summed E-state index contributed by atoms with van der Waals surface area (Å²) in [5.74, 6) is 0.897. The Morgan fingerprint density at radius 1 is 1.00 bits per heavy atom. The monoisotopic (exact) mass is 434 g/mol. The summed E-state index contributed by atoms with van der Waals surface area (Å²) in [7, 11) is 0. The maximum atomic E-state index is 12.2. The number of guanidine groups is 1. The van der Waals surface area contributed by atoms with Crippen molar-refractivity contribution in [2.24, 2.45) is 4.99 Å². The van der Waals surface area contributed by atoms with E-state index in [0.717, 1.165) is 48.7 Å². The standard InChI is InChI=1S/C25H34N6O/c1-4-26-25(27-16-15-24(32)30(5-2)6-3)28-17-20-11-13-21(14-12-20)18-31-19-29-22-9-7-8-10-23(22)31/h7-14,19H,4-6,15-18H2,1-3H3,(H2,26,27,28). The molecule has 3 aromatic rings. The highest BCUT2D eigenvalue weighted by atomic mass is 16.2. The smallest absolute Gasteiger partial charge is 0.224 e. The Morgan fingerprint density at radius 2 is 1.72 bits per heavy atom. The average molecular weight is 435 g/mol. The number of imidazole rings is 1. The maximum Gasteiger partial charge on any atom is 0.224 e. The van der Waals surface area contributed by atoms with Crippen molar-refractivity contribution in [1.29, 1.82) is 0 Å². The zero-order chi connectivity index (χ0) is 22.8. The fourth-order valence-corrected chi connectivity index (χ4v) is 3.62. The number of aliphatic imine (C=N–C) groups is 1. The van der Waals surface area contributed by atoms with Gasteiger partial charge in [0, 0.05) is 39.1 Å². The third kappa shape index (κ3) is 6.33. The van der Waals surface area contributed by atoms with Gasteiger partial charge in [0.25, 0.3) is 0 Å². The average Bonchev–Trinajstić information content (AvgIpc) is 3.22. The van der Waals surface area contributed by atoms with Gasteiger partial charge in [0.05, 0.1) is 23.9 Å². The molecule has 0 unspecified atom stereocenters. The number of carbonyl (C=O) groups excluding carboxylic acids is 1. The molecule has 0 aliphatic heterocycles. The Balaban J connectivity index is 1.54. The molecular formula is C25H34N6O. The van der Waals surface area contributed by atoms with E-state index in [0.29, 0.717) is 19.5 Å². The van der Waals surface area contributed by atoms with Crippen LogP contribution in [0.5, 0.6) is 0 Å². The van der Waals surface area contributed by atoms with E-state index in [2.05, 4.69) is 55.5 Å². The fraction of sp³-hybridized carbons (Fsp3) is 0.400. The van der Waals surface area contributed by atoms with E-state index in [-0.39, 0.29) is 5.91 Å². The Bertz CT molecular complexity index is 1020. The van der Waals surface area contributed by atoms with Crippen LogP contribution in [0.3, 0.4) is 0 Å². The van der Waals surface area contributed by atoms with Gasteiger partial charge < -0.3 is 20.1 Å². The summed E-state index contributed by atoms with van der Waals surface area (Å²) in [6.45, 7) is 10.2. The molecule has 170 valence electrons. The summed E-state index contributed by atoms with van der Waals surface area (Å²) in [6, 6.07) is 16.7. The van der Waals surface area contributed by atoms with Crippen LogP contribution in [-0.2, 0) is 17.9 Å². The van der Waals surface area contributed by atoms with E-state index in [1.165, 1.54) is 5.56 Å². The summed E-state index contributed by atoms with van der Waals surface area (Å²) in [5.41, 5.74) is 4.52. The Labute approximate surface area is 190 Å². The zero-order valence-electron chi connectivity index (χ0n) is 19.3. The van der Waals surface area contributed by atoms with E-state index in [9.17, 15) is 4.79 Å². The molecule has 1 amide bonds. The molecule has 0 spiro atoms. The number of carbonyl (C=O) groups is 1. The number of nitrogens with zero attached hydrogens (tertiary/aromatic N) is 4. The molecule has 7 heteroatoms. The molecule has 0 saturated heterocycles. The molecule has 32 heavy (non-hydrogen) atoms. The van der Waals surface area contributed by atoms with Crippen molar-refractivity contribution < 1.29 is 4.79 Å². The lowest BCUT2D eigenvalue weighted by molar-refractivity contribution is -0.130. The fourth-order valence-electron chi connectivity index (χ4n) is 3.62. The topological polar surface area (TPSA) is 74.5 Å². The lowest BCUT2D eigenvalue weighted by Crippen LogP contribution is -2.40. The van der Waals surface area contributed by atoms with Crippen LogP contribution >= 0.6 is 0 Å². The normalized spacial score (nSPS) is 11.5. The molecule has 2 N–H and O–H groups in total. The number of rotatable bonds is 10. The summed E-state index contributed by atoms with van der Waals surface area (Å²) in [5, 5.41) is 6.51. The van der Waals surface area contributed by atoms with E-state index < -0.39 is 0 Å². The summed E-state index contributed by atoms with van der Waals surface area (Å²) in [6.07, 6.45) is 2.35. The molecule has 0 bridgehead atoms. The first-order valence-corrected chi connectivity index (χ1v) is 11.4. The van der Waals surface area contributed by atoms with Crippen LogP contribution in [0.2, 0.25) is 0 Å². The largest absolute Gasteiger partial charge is 0.357 e. The van der Waals surface area contributed by atoms with E-state index in [1.54, 1.807) is 0 Å². The van der Waals surface area contributed by atoms with Crippen molar-refractivity contribution in [1.82, 2.24) is 25.1 Å². The minimum Gasteiger partial charge on any atom is -0.357 e. The lowest BCUT2D eigenvalue weighted by atomic mass is 10.1. The second-order valence-corrected chi connectivity index (χ2v) is 7.62. The number of fused-ring (bicyclic) bond motifs is 1. The van der Waals surface area contributed by atoms with Crippen molar-refractivity contribution in [2.75, 3.05) is 26.2 Å². The molecule has 7 nitrogen and oxygen atoms in total. The van der Waals surface area contributed by atoms with Gasteiger partial charge in [-0.2, -0.15) is 0 Å². The summed E-state index contributed by atoms with van der Waals surface area (Å²) < 4.78 is 2.16. The number of nitrogens with one attached hydrogen (secondary N) is 2. The quantitative estimate of drug-likeness (QED) is 0.379.